The van der Waals surface area contributed by atoms with Crippen LogP contribution in [0.3, 0.4) is 0 Å². The number of carbonyl (C=O) groups is 2. The molecule has 0 aromatic rings. The van der Waals surface area contributed by atoms with Crippen LogP contribution in [0.4, 0.5) is 17.6 Å². The van der Waals surface area contributed by atoms with Crippen molar-refractivity contribution in [3.05, 3.63) is 0 Å². The first kappa shape index (κ1) is 16.2. The van der Waals surface area contributed by atoms with E-state index in [4.69, 9.17) is 16.3 Å². The van der Waals surface area contributed by atoms with Crippen molar-refractivity contribution in [3.8, 4) is 0 Å². The molecule has 0 saturated carbocycles. The Labute approximate surface area is 111 Å². The lowest BCUT2D eigenvalue weighted by Gasteiger charge is -2.30. The van der Waals surface area contributed by atoms with Crippen LogP contribution >= 0.6 is 11.6 Å². The molecule has 110 valence electrons. The van der Waals surface area contributed by atoms with Crippen LogP contribution in [0.1, 0.15) is 0 Å². The summed E-state index contributed by atoms with van der Waals surface area (Å²) in [5, 5.41) is 0. The van der Waals surface area contributed by atoms with Gasteiger partial charge in [-0.1, -0.05) is 0 Å². The second-order valence-corrected chi connectivity index (χ2v) is 4.42. The van der Waals surface area contributed by atoms with Gasteiger partial charge < -0.3 is 9.64 Å². The maximum Gasteiger partial charge on any atom is 0.383 e. The Morgan fingerprint density at radius 1 is 1.42 bits per heavy atom. The molecule has 0 aliphatic carbocycles. The van der Waals surface area contributed by atoms with E-state index in [-0.39, 0.29) is 19.1 Å². The summed E-state index contributed by atoms with van der Waals surface area (Å²) in [7, 11) is 0.937. The number of hydrogen-bond acceptors (Lipinski definition) is 3. The van der Waals surface area contributed by atoms with Gasteiger partial charge in [-0.2, -0.15) is 8.78 Å². The van der Waals surface area contributed by atoms with Gasteiger partial charge in [0.05, 0.1) is 31.1 Å². The van der Waals surface area contributed by atoms with Crippen LogP contribution in [-0.4, -0.2) is 61.1 Å². The standard InChI is InChI=1S/C10H12ClF4NO3/c1-16(9(18)10(14,15)8(12)13)6-4-19-3-5(6)7(17)2-11/h5-6,8H,2-4H2,1H3. The molecule has 1 aliphatic heterocycles. The summed E-state index contributed by atoms with van der Waals surface area (Å²) in [5.41, 5.74) is 0. The van der Waals surface area contributed by atoms with Crippen LogP contribution in [0.2, 0.25) is 0 Å². The number of carbonyl (C=O) groups excluding carboxylic acids is 2. The first-order valence-corrected chi connectivity index (χ1v) is 5.86. The molecule has 2 unspecified atom stereocenters. The van der Waals surface area contributed by atoms with Gasteiger partial charge in [0.25, 0.3) is 5.91 Å². The van der Waals surface area contributed by atoms with E-state index in [1.807, 2.05) is 0 Å². The van der Waals surface area contributed by atoms with Crippen molar-refractivity contribution in [1.29, 1.82) is 0 Å². The molecule has 1 saturated heterocycles. The SMILES string of the molecule is CN(C(=O)C(F)(F)C(F)F)C1COCC1C(=O)CCl. The Balaban J connectivity index is 2.85. The second-order valence-electron chi connectivity index (χ2n) is 4.15. The van der Waals surface area contributed by atoms with Crippen molar-refractivity contribution >= 4 is 23.3 Å². The van der Waals surface area contributed by atoms with Crippen molar-refractivity contribution in [2.45, 2.75) is 18.4 Å². The van der Waals surface area contributed by atoms with Gasteiger partial charge in [0.1, 0.15) is 0 Å². The number of ketones is 1. The van der Waals surface area contributed by atoms with Crippen molar-refractivity contribution in [3.63, 3.8) is 0 Å². The third-order valence-corrected chi connectivity index (χ3v) is 3.24. The molecule has 4 nitrogen and oxygen atoms in total. The fraction of sp³-hybridized carbons (Fsp3) is 0.800. The smallest absolute Gasteiger partial charge is 0.378 e. The zero-order valence-corrected chi connectivity index (χ0v) is 10.7. The second kappa shape index (κ2) is 6.04. The summed E-state index contributed by atoms with van der Waals surface area (Å²) >= 11 is 5.35. The maximum atomic E-state index is 13.0. The van der Waals surface area contributed by atoms with Crippen LogP contribution < -0.4 is 0 Å². The molecule has 0 N–H and O–H groups in total. The molecule has 19 heavy (non-hydrogen) atoms. The third kappa shape index (κ3) is 3.17. The highest BCUT2D eigenvalue weighted by molar-refractivity contribution is 6.28. The van der Waals surface area contributed by atoms with Crippen molar-refractivity contribution in [2.75, 3.05) is 26.1 Å². The zero-order chi connectivity index (χ0) is 14.8. The largest absolute Gasteiger partial charge is 0.383 e. The maximum absolute atomic E-state index is 13.0. The molecule has 0 spiro atoms. The van der Waals surface area contributed by atoms with Gasteiger partial charge in [-0.15, -0.1) is 11.6 Å². The van der Waals surface area contributed by atoms with E-state index < -0.39 is 36.0 Å². The summed E-state index contributed by atoms with van der Waals surface area (Å²) in [6.07, 6.45) is -4.10. The number of nitrogens with zero attached hydrogens (tertiary/aromatic N) is 1. The molecule has 0 aromatic heterocycles. The summed E-state index contributed by atoms with van der Waals surface area (Å²) in [6, 6.07) is -1.01. The number of ether oxygens (including phenoxy) is 1. The van der Waals surface area contributed by atoms with E-state index >= 15 is 0 Å². The predicted octanol–water partition coefficient (Wildman–Crippen LogP) is 1.17. The highest BCUT2D eigenvalue weighted by atomic mass is 35.5. The Kier molecular flexibility index (Phi) is 5.14. The number of alkyl halides is 5. The lowest BCUT2D eigenvalue weighted by atomic mass is 9.98. The van der Waals surface area contributed by atoms with E-state index in [0.717, 1.165) is 7.05 Å². The fourth-order valence-electron chi connectivity index (χ4n) is 1.81. The molecule has 0 aromatic carbocycles. The van der Waals surface area contributed by atoms with E-state index in [9.17, 15) is 27.2 Å². The Morgan fingerprint density at radius 3 is 2.47 bits per heavy atom. The number of halogens is 5. The highest BCUT2D eigenvalue weighted by Crippen LogP contribution is 2.28. The molecule has 1 fully saturated rings. The molecule has 1 heterocycles. The lowest BCUT2D eigenvalue weighted by Crippen LogP contribution is -2.52. The molecule has 1 rings (SSSR count). The van der Waals surface area contributed by atoms with Gasteiger partial charge in [0, 0.05) is 7.05 Å². The van der Waals surface area contributed by atoms with Gasteiger partial charge in [-0.05, 0) is 0 Å². The van der Waals surface area contributed by atoms with Crippen LogP contribution in [-0.2, 0) is 14.3 Å². The number of Topliss-reactive ketones (excluding diaryl/α,β-unsaturated/α-hetero) is 1. The quantitative estimate of drug-likeness (QED) is 0.566. The van der Waals surface area contributed by atoms with Crippen molar-refractivity contribution in [1.82, 2.24) is 4.90 Å². The van der Waals surface area contributed by atoms with Gasteiger partial charge in [0.15, 0.2) is 5.78 Å². The fourth-order valence-corrected chi connectivity index (χ4v) is 2.01. The zero-order valence-electron chi connectivity index (χ0n) is 9.92. The average Bonchev–Trinajstić information content (AvgIpc) is 2.84. The van der Waals surface area contributed by atoms with Crippen LogP contribution in [0.5, 0.6) is 0 Å². The molecule has 0 bridgehead atoms. The minimum Gasteiger partial charge on any atom is -0.378 e. The number of rotatable bonds is 5. The van der Waals surface area contributed by atoms with Crippen molar-refractivity contribution < 1.29 is 31.9 Å². The Hall–Kier alpha value is -0.890. The summed E-state index contributed by atoms with van der Waals surface area (Å²) in [6.45, 7) is -0.247. The molecule has 1 amide bonds. The minimum absolute atomic E-state index is 0.0753. The van der Waals surface area contributed by atoms with Crippen LogP contribution in [0.25, 0.3) is 0 Å². The first-order chi connectivity index (χ1) is 8.73. The van der Waals surface area contributed by atoms with E-state index in [2.05, 4.69) is 0 Å². The topological polar surface area (TPSA) is 46.6 Å². The number of likely N-dealkylation sites (N-methyl/N-ethyl adjacent to an activating group) is 1. The molecular weight excluding hydrogens is 294 g/mol. The normalized spacial score (nSPS) is 23.7. The van der Waals surface area contributed by atoms with E-state index in [1.165, 1.54) is 0 Å². The molecule has 9 heteroatoms. The number of hydrogen-bond donors (Lipinski definition) is 0. The predicted molar refractivity (Wildman–Crippen MR) is 57.5 cm³/mol. The van der Waals surface area contributed by atoms with Gasteiger partial charge in [0.2, 0.25) is 0 Å². The molecule has 0 radical (unpaired) electrons. The Bertz CT molecular complexity index is 367. The average molecular weight is 306 g/mol. The van der Waals surface area contributed by atoms with E-state index in [0.29, 0.717) is 4.90 Å². The van der Waals surface area contributed by atoms with Crippen LogP contribution in [0.15, 0.2) is 0 Å². The first-order valence-electron chi connectivity index (χ1n) is 5.33. The molecule has 1 aliphatic rings. The van der Waals surface area contributed by atoms with Gasteiger partial charge in [-0.3, -0.25) is 9.59 Å². The molecule has 2 atom stereocenters. The minimum atomic E-state index is -4.79. The lowest BCUT2D eigenvalue weighted by molar-refractivity contribution is -0.181. The van der Waals surface area contributed by atoms with Gasteiger partial charge in [-0.25, -0.2) is 8.78 Å². The van der Waals surface area contributed by atoms with E-state index in [1.54, 1.807) is 0 Å². The third-order valence-electron chi connectivity index (χ3n) is 2.97. The summed E-state index contributed by atoms with van der Waals surface area (Å²) < 4.78 is 55.1. The Morgan fingerprint density at radius 2 is 2.00 bits per heavy atom. The number of amides is 1. The summed E-state index contributed by atoms with van der Waals surface area (Å²) in [5.74, 6) is -8.54. The van der Waals surface area contributed by atoms with Crippen LogP contribution in [0, 0.1) is 5.92 Å². The monoisotopic (exact) mass is 305 g/mol. The highest BCUT2D eigenvalue weighted by Gasteiger charge is 2.53. The van der Waals surface area contributed by atoms with Gasteiger partial charge >= 0.3 is 12.3 Å². The summed E-state index contributed by atoms with van der Waals surface area (Å²) in [4.78, 5) is 23.2. The molecular formula is C10H12ClF4NO3. The van der Waals surface area contributed by atoms with Crippen molar-refractivity contribution in [2.24, 2.45) is 5.92 Å².